The van der Waals surface area contributed by atoms with Gasteiger partial charge < -0.3 is 14.4 Å². The van der Waals surface area contributed by atoms with Crippen molar-refractivity contribution < 1.29 is 50.9 Å². The predicted molar refractivity (Wildman–Crippen MR) is 559 cm³/mol. The Kier molecular flexibility index (Phi) is 59.7. The molecule has 2 radical (unpaired) electrons. The zero-order chi connectivity index (χ0) is 88.6. The van der Waals surface area contributed by atoms with E-state index in [1.165, 1.54) is 121 Å². The summed E-state index contributed by atoms with van der Waals surface area (Å²) in [7, 11) is 2.66. The first-order valence-corrected chi connectivity index (χ1v) is 55.3. The average Bonchev–Trinajstić information content (AvgIpc) is 1.55. The molecule has 10 aliphatic carbocycles. The van der Waals surface area contributed by atoms with Crippen molar-refractivity contribution in [2.75, 3.05) is 0 Å². The zero-order valence-electron chi connectivity index (χ0n) is 80.5. The van der Waals surface area contributed by atoms with Crippen LogP contribution in [0.25, 0.3) is 0 Å². The minimum Gasteiger partial charge on any atom is 0 e. The topological polar surface area (TPSA) is 0 Å². The van der Waals surface area contributed by atoms with Crippen LogP contribution >= 0.6 is 33.5 Å². The Morgan fingerprint density at radius 2 is 0.760 bits per heavy atom. The van der Waals surface area contributed by atoms with Gasteiger partial charge in [0.05, 0.1) is 24.2 Å². The normalized spacial score (nSPS) is 25.1. The van der Waals surface area contributed by atoms with Crippen molar-refractivity contribution in [1.29, 1.82) is 0 Å². The third-order valence-electron chi connectivity index (χ3n) is 25.9. The van der Waals surface area contributed by atoms with Crippen LogP contribution in [0.3, 0.4) is 0 Å². The molecule has 18 rings (SSSR count). The molecule has 0 heterocycles. The molecule has 10 aliphatic rings. The van der Waals surface area contributed by atoms with Gasteiger partial charge in [-0.3, -0.25) is 0 Å². The number of rotatable bonds is 19. The van der Waals surface area contributed by atoms with E-state index in [2.05, 4.69) is 358 Å². The molecule has 0 saturated heterocycles. The number of allylic oxidation sites excluding steroid dienone is 16. The molecule has 0 spiro atoms. The van der Waals surface area contributed by atoms with Crippen LogP contribution in [0.4, 0.5) is 0 Å². The summed E-state index contributed by atoms with van der Waals surface area (Å²) in [5.41, 5.74) is 7.97. The molecule has 0 aliphatic heterocycles. The van der Waals surface area contributed by atoms with Crippen molar-refractivity contribution in [3.05, 3.63) is 364 Å². The number of hydrogen-bond donors (Lipinski definition) is 0. The minimum absolute atomic E-state index is 0. The molecule has 0 aromatic heterocycles. The molecule has 683 valence electrons. The Bertz CT molecular complexity index is 4020. The van der Waals surface area contributed by atoms with Crippen LogP contribution in [0.5, 0.6) is 0 Å². The van der Waals surface area contributed by atoms with Gasteiger partial charge in [-0.1, -0.05) is 447 Å². The van der Waals surface area contributed by atoms with E-state index in [4.69, 9.17) is 6.92 Å². The molecule has 6 bridgehead atoms. The van der Waals surface area contributed by atoms with Gasteiger partial charge in [0.1, 0.15) is 0 Å². The van der Waals surface area contributed by atoms with Gasteiger partial charge in [0.15, 0.2) is 0 Å². The predicted octanol–water partition coefficient (Wildman–Crippen LogP) is 33.6. The van der Waals surface area contributed by atoms with Crippen molar-refractivity contribution in [3.63, 3.8) is 0 Å². The summed E-state index contributed by atoms with van der Waals surface area (Å²) < 4.78 is 0. The van der Waals surface area contributed by atoms with E-state index in [0.29, 0.717) is 70.2 Å². The van der Waals surface area contributed by atoms with Gasteiger partial charge in [0, 0.05) is 56.7 Å². The SMILES string of the molecule is C1=CC(c2ccc(C3CC4C=CC3C4)cc2)C=C1.C1=CC2CC1C(P(c1ccccc1)c1ccccc1)C2P(c1ccccc1)c1ccccc1.CC.CC.CC.CC.CC.CC.CC.CC.CCC1C[C@H]2C=CC1C2.[CH2-][C@H]1C(/C=C/[C@@H]2CC(/C=C/CC)C[C@@H]2c2ccc(C3CCCC3)cc2)CC(/C=C/C)[C@H]1[PH+](c1ccccc1)c1ccccc1.[CH3-].[Cl][Ru+2].[Co].[Co]. The second-order valence-electron chi connectivity index (χ2n) is 32.1. The maximum absolute atomic E-state index is 4.96. The summed E-state index contributed by atoms with van der Waals surface area (Å²) in [6.07, 6.45) is 57.4. The summed E-state index contributed by atoms with van der Waals surface area (Å²) in [5.74, 6) is 11.4. The molecule has 125 heavy (non-hydrogen) atoms. The monoisotopic (exact) mass is 1930 g/mol. The van der Waals surface area contributed by atoms with E-state index in [0.717, 1.165) is 47.8 Å². The summed E-state index contributed by atoms with van der Waals surface area (Å²) in [5, 5.41) is 9.11. The molecule has 6 fully saturated rings. The van der Waals surface area contributed by atoms with E-state index < -0.39 is 23.8 Å². The molecule has 8 aromatic carbocycles. The van der Waals surface area contributed by atoms with Crippen LogP contribution in [0.2, 0.25) is 0 Å². The van der Waals surface area contributed by atoms with Gasteiger partial charge in [-0.05, 0) is 238 Å². The third-order valence-corrected chi connectivity index (χ3v) is 35.6. The fourth-order valence-corrected chi connectivity index (χ4v) is 31.4. The van der Waals surface area contributed by atoms with E-state index in [1.54, 1.807) is 16.7 Å². The van der Waals surface area contributed by atoms with Crippen LogP contribution in [0.1, 0.15) is 267 Å². The van der Waals surface area contributed by atoms with Crippen LogP contribution in [-0.4, -0.2) is 17.0 Å². The molecular formula is C118H164ClCo2P3Ru+. The van der Waals surface area contributed by atoms with Crippen molar-refractivity contribution in [1.82, 2.24) is 0 Å². The van der Waals surface area contributed by atoms with Crippen LogP contribution in [0.15, 0.2) is 328 Å². The van der Waals surface area contributed by atoms with Crippen molar-refractivity contribution >= 4 is 65.3 Å². The summed E-state index contributed by atoms with van der Waals surface area (Å²) in [6, 6.07) is 87.3. The molecule has 0 amide bonds. The average molecular weight is 1930 g/mol. The second-order valence-corrected chi connectivity index (χ2v) is 39.5. The molecular weight excluding hydrogens is 1760 g/mol. The summed E-state index contributed by atoms with van der Waals surface area (Å²) in [6.45, 7) is 43.7. The smallest absolute Gasteiger partial charge is 0 e. The fraction of sp³-hybridized carbons (Fsp3) is 0.441. The number of hydrogen-bond acceptors (Lipinski definition) is 0. The summed E-state index contributed by atoms with van der Waals surface area (Å²) >= 11 is 1.82. The summed E-state index contributed by atoms with van der Waals surface area (Å²) in [4.78, 5) is 0. The van der Waals surface area contributed by atoms with Crippen LogP contribution in [-0.2, 0) is 50.9 Å². The van der Waals surface area contributed by atoms with E-state index in [-0.39, 0.29) is 41.0 Å². The third kappa shape index (κ3) is 31.8. The first-order chi connectivity index (χ1) is 60.4. The van der Waals surface area contributed by atoms with E-state index in [1.807, 2.05) is 128 Å². The Hall–Kier alpha value is -5.10. The Balaban J connectivity index is 0.000000436. The Labute approximate surface area is 806 Å². The molecule has 0 N–H and O–H groups in total. The van der Waals surface area contributed by atoms with Crippen molar-refractivity contribution in [3.8, 4) is 0 Å². The van der Waals surface area contributed by atoms with Crippen molar-refractivity contribution in [2.45, 2.75) is 262 Å². The Morgan fingerprint density at radius 3 is 1.14 bits per heavy atom. The van der Waals surface area contributed by atoms with Gasteiger partial charge in [-0.2, -0.15) is 0 Å². The van der Waals surface area contributed by atoms with Crippen LogP contribution < -0.4 is 31.8 Å². The van der Waals surface area contributed by atoms with E-state index in [9.17, 15) is 0 Å². The zero-order valence-corrected chi connectivity index (χ0v) is 87.9. The molecule has 7 heteroatoms. The minimum atomic E-state index is -1.00. The second kappa shape index (κ2) is 65.5. The maximum Gasteiger partial charge on any atom is 0 e. The quantitative estimate of drug-likeness (QED) is 0.0328. The largest absolute Gasteiger partial charge is 0 e. The molecule has 6 saturated carbocycles. The maximum atomic E-state index is 4.96. The molecule has 12 unspecified atom stereocenters. The molecule has 0 nitrogen and oxygen atoms in total. The van der Waals surface area contributed by atoms with Gasteiger partial charge in [-0.15, -0.1) is 5.92 Å². The standard InChI is InChI=1S/C43H52P.C31H28P2.C18H18.C9H14.8C2H6.CH3.ClH.2Co.Ru/c1-4-6-16-33-29-38(42(30-33)36-25-23-35(24-26-36)34-17-13-14-18-34)28-27-37-31-39(15-5-2)43(32(37)3)44(40-19-9-7-10-20-40)41-21-11-8-12-22-41;1-5-13-26(14-6-1)32(27-15-7-2-8-16-27)30-24-21-22-25(23-24)31(30)33(28-17-9-3-10-18-28)29-19-11-4-12-20-29;1-2-4-14(3-1)15-7-9-16(10-8-15)18-12-13-5-6-17(18)11-13;1-2-8-5-7-3-4-9(8)6-7;8*1-2;;;;;/h5-12,15-16,19-28,32-34,37-39,42-43H,3-4,13-14,17-18,29-31H2,1-2H3;1-22,24-25,30-31H,23H2;1-10,13-14,17-18H,11-12H2;3-4,7-9H,2,5-6H2,1H3;8*1-2H3;1H3;1H;;;/q-1;;;;;;;;;;;;-1;;;;+3/b15-5+,16-6+,28-27+;;;;;;;;;;;;;;;;/t32-,33?,37?,38+,39?,42+,43-;;;7-,8?,9?;;;;;;;;;;;;;/m0..1............./s1. The van der Waals surface area contributed by atoms with Gasteiger partial charge >= 0.3 is 27.0 Å². The number of benzene rings is 8. The van der Waals surface area contributed by atoms with Gasteiger partial charge in [0.25, 0.3) is 0 Å². The first-order valence-electron chi connectivity index (χ1n) is 48.7. The number of fused-ring (bicyclic) bond motifs is 6. The molecule has 8 aromatic rings. The Morgan fingerprint density at radius 1 is 0.376 bits per heavy atom. The van der Waals surface area contributed by atoms with Crippen LogP contribution in [0, 0.1) is 85.4 Å². The van der Waals surface area contributed by atoms with E-state index >= 15 is 0 Å². The van der Waals surface area contributed by atoms with Gasteiger partial charge in [-0.25, -0.2) is 0 Å². The van der Waals surface area contributed by atoms with Gasteiger partial charge in [0.2, 0.25) is 0 Å². The number of halogens is 1. The first kappa shape index (κ1) is 114. The van der Waals surface area contributed by atoms with Crippen molar-refractivity contribution in [2.24, 2.45) is 71.0 Å². The molecule has 17 atom stereocenters. The fourth-order valence-electron chi connectivity index (χ4n) is 20.8.